The average Bonchev–Trinajstić information content (AvgIpc) is 3.31. The van der Waals surface area contributed by atoms with Crippen molar-refractivity contribution in [2.45, 2.75) is 70.0 Å². The second-order valence-corrected chi connectivity index (χ2v) is 8.04. The molecule has 0 amide bonds. The second kappa shape index (κ2) is 7.90. The summed E-state index contributed by atoms with van der Waals surface area (Å²) < 4.78 is 5.56. The van der Waals surface area contributed by atoms with Crippen LogP contribution < -0.4 is 0 Å². The molecule has 2 saturated carbocycles. The van der Waals surface area contributed by atoms with E-state index < -0.39 is 0 Å². The summed E-state index contributed by atoms with van der Waals surface area (Å²) in [5, 5.41) is 9.60. The van der Waals surface area contributed by atoms with Crippen molar-refractivity contribution in [3.8, 4) is 0 Å². The van der Waals surface area contributed by atoms with E-state index in [-0.39, 0.29) is 17.7 Å². The summed E-state index contributed by atoms with van der Waals surface area (Å²) in [7, 11) is 0. The Morgan fingerprint density at radius 1 is 1.20 bits per heavy atom. The van der Waals surface area contributed by atoms with Gasteiger partial charge in [-0.3, -0.25) is 4.79 Å². The first kappa shape index (κ1) is 18.4. The number of fused-ring (bicyclic) bond motifs is 5. The van der Waals surface area contributed by atoms with Gasteiger partial charge in [0.05, 0.1) is 6.10 Å². The predicted octanol–water partition coefficient (Wildman–Crippen LogP) is 4.57. The topological polar surface area (TPSA) is 46.5 Å². The van der Waals surface area contributed by atoms with E-state index >= 15 is 0 Å². The lowest BCUT2D eigenvalue weighted by Gasteiger charge is -2.36. The normalized spacial score (nSPS) is 36.5. The standard InChI is InChI=1S/C12H20O2.C10H12O/c1-3-8-12(14-11(13)4-2)9-6-5-7-10-12;11-9-4-3-8-6-1-2-7(5-6)10(8)9/h3H,1,4-10H2,2H3;1-4,6-11H,5H2. The summed E-state index contributed by atoms with van der Waals surface area (Å²) in [5.41, 5.74) is -0.215. The van der Waals surface area contributed by atoms with Crippen molar-refractivity contribution in [2.75, 3.05) is 0 Å². The Morgan fingerprint density at radius 3 is 2.56 bits per heavy atom. The summed E-state index contributed by atoms with van der Waals surface area (Å²) in [5.74, 6) is 2.55. The molecule has 25 heavy (non-hydrogen) atoms. The van der Waals surface area contributed by atoms with Gasteiger partial charge in [-0.05, 0) is 49.9 Å². The lowest BCUT2D eigenvalue weighted by molar-refractivity contribution is -0.162. The molecular weight excluding hydrogens is 312 g/mol. The van der Waals surface area contributed by atoms with Crippen molar-refractivity contribution in [3.05, 3.63) is 37.0 Å². The molecule has 5 atom stereocenters. The molecule has 4 aliphatic carbocycles. The van der Waals surface area contributed by atoms with E-state index in [2.05, 4.69) is 24.8 Å². The van der Waals surface area contributed by atoms with Crippen LogP contribution in [0.4, 0.5) is 0 Å². The van der Waals surface area contributed by atoms with Crippen LogP contribution in [0.2, 0.25) is 0 Å². The number of allylic oxidation sites excluding steroid dienone is 3. The van der Waals surface area contributed by atoms with Crippen LogP contribution in [-0.4, -0.2) is 22.8 Å². The van der Waals surface area contributed by atoms with E-state index in [0.29, 0.717) is 24.2 Å². The molecule has 5 unspecified atom stereocenters. The molecule has 0 saturated heterocycles. The molecule has 0 aliphatic heterocycles. The van der Waals surface area contributed by atoms with E-state index in [4.69, 9.17) is 4.74 Å². The minimum atomic E-state index is -0.215. The maximum atomic E-state index is 11.3. The maximum absolute atomic E-state index is 11.3. The zero-order valence-corrected chi connectivity index (χ0v) is 15.4. The molecular formula is C22H32O3. The first-order valence-electron chi connectivity index (χ1n) is 9.96. The van der Waals surface area contributed by atoms with Crippen LogP contribution in [0.1, 0.15) is 58.3 Å². The summed E-state index contributed by atoms with van der Waals surface area (Å²) in [6.45, 7) is 5.58. The minimum Gasteiger partial charge on any atom is -0.459 e. The van der Waals surface area contributed by atoms with Crippen LogP contribution >= 0.6 is 0 Å². The van der Waals surface area contributed by atoms with Gasteiger partial charge in [-0.15, -0.1) is 6.58 Å². The Balaban J connectivity index is 0.000000149. The van der Waals surface area contributed by atoms with Crippen molar-refractivity contribution in [1.82, 2.24) is 0 Å². The predicted molar refractivity (Wildman–Crippen MR) is 99.9 cm³/mol. The smallest absolute Gasteiger partial charge is 0.306 e. The number of carbonyl (C=O) groups is 1. The summed E-state index contributed by atoms with van der Waals surface area (Å²) in [4.78, 5) is 11.3. The van der Waals surface area contributed by atoms with Crippen molar-refractivity contribution in [2.24, 2.45) is 23.7 Å². The van der Waals surface area contributed by atoms with Crippen LogP contribution in [0.25, 0.3) is 0 Å². The van der Waals surface area contributed by atoms with Gasteiger partial charge in [0.2, 0.25) is 0 Å². The van der Waals surface area contributed by atoms with Crippen molar-refractivity contribution in [1.29, 1.82) is 0 Å². The number of esters is 1. The third-order valence-electron chi connectivity index (χ3n) is 6.41. The number of ether oxygens (including phenoxy) is 1. The van der Waals surface area contributed by atoms with Gasteiger partial charge in [0.1, 0.15) is 5.60 Å². The van der Waals surface area contributed by atoms with E-state index in [9.17, 15) is 9.90 Å². The highest BCUT2D eigenvalue weighted by Crippen LogP contribution is 2.52. The van der Waals surface area contributed by atoms with Gasteiger partial charge in [0, 0.05) is 18.8 Å². The zero-order chi connectivity index (χ0) is 17.9. The Bertz CT molecular complexity index is 541. The molecule has 0 aromatic rings. The van der Waals surface area contributed by atoms with Crippen LogP contribution in [0.3, 0.4) is 0 Å². The fourth-order valence-electron chi connectivity index (χ4n) is 5.14. The van der Waals surface area contributed by atoms with Crippen molar-refractivity contribution >= 4 is 5.97 Å². The van der Waals surface area contributed by atoms with Gasteiger partial charge in [-0.1, -0.05) is 43.7 Å². The molecule has 0 aromatic carbocycles. The first-order valence-corrected chi connectivity index (χ1v) is 9.96. The third kappa shape index (κ3) is 3.92. The highest BCUT2D eigenvalue weighted by atomic mass is 16.6. The molecule has 2 fully saturated rings. The zero-order valence-electron chi connectivity index (χ0n) is 15.4. The fraction of sp³-hybridized carbons (Fsp3) is 0.682. The molecule has 1 N–H and O–H groups in total. The molecule has 0 heterocycles. The van der Waals surface area contributed by atoms with Gasteiger partial charge >= 0.3 is 5.97 Å². The number of rotatable bonds is 4. The van der Waals surface area contributed by atoms with Gasteiger partial charge in [-0.2, -0.15) is 0 Å². The van der Waals surface area contributed by atoms with Gasteiger partial charge in [0.25, 0.3) is 0 Å². The fourth-order valence-corrected chi connectivity index (χ4v) is 5.14. The monoisotopic (exact) mass is 344 g/mol. The molecule has 3 nitrogen and oxygen atoms in total. The van der Waals surface area contributed by atoms with E-state index in [1.54, 1.807) is 0 Å². The minimum absolute atomic E-state index is 0.0752. The van der Waals surface area contributed by atoms with Gasteiger partial charge < -0.3 is 9.84 Å². The number of aliphatic hydroxyl groups is 1. The summed E-state index contributed by atoms with van der Waals surface area (Å²) in [6.07, 6.45) is 18.7. The van der Waals surface area contributed by atoms with Crippen LogP contribution in [0, 0.1) is 23.7 Å². The molecule has 2 bridgehead atoms. The van der Waals surface area contributed by atoms with Crippen LogP contribution in [-0.2, 0) is 9.53 Å². The highest BCUT2D eigenvalue weighted by molar-refractivity contribution is 5.69. The Morgan fingerprint density at radius 2 is 1.92 bits per heavy atom. The van der Waals surface area contributed by atoms with Crippen LogP contribution in [0.15, 0.2) is 37.0 Å². The summed E-state index contributed by atoms with van der Waals surface area (Å²) >= 11 is 0. The molecule has 3 heteroatoms. The lowest BCUT2D eigenvalue weighted by Crippen LogP contribution is -2.36. The SMILES string of the molecule is C=CCC1(OC(=O)CC)CCCCC1.OC1C=CC2C3C=CC(C3)C12. The molecule has 0 radical (unpaired) electrons. The number of hydrogen-bond donors (Lipinski definition) is 1. The molecule has 138 valence electrons. The Hall–Kier alpha value is -1.35. The van der Waals surface area contributed by atoms with Gasteiger partial charge in [0.15, 0.2) is 0 Å². The lowest BCUT2D eigenvalue weighted by atomic mass is 9.82. The maximum Gasteiger partial charge on any atom is 0.306 e. The quantitative estimate of drug-likeness (QED) is 0.600. The van der Waals surface area contributed by atoms with Gasteiger partial charge in [-0.25, -0.2) is 0 Å². The van der Waals surface area contributed by atoms with Crippen LogP contribution in [0.5, 0.6) is 0 Å². The Labute approximate surface area is 151 Å². The summed E-state index contributed by atoms with van der Waals surface area (Å²) in [6, 6.07) is 0. The average molecular weight is 344 g/mol. The number of hydrogen-bond acceptors (Lipinski definition) is 3. The molecule has 0 aromatic heterocycles. The third-order valence-corrected chi connectivity index (χ3v) is 6.41. The second-order valence-electron chi connectivity index (χ2n) is 8.04. The molecule has 4 aliphatic rings. The van der Waals surface area contributed by atoms with E-state index in [0.717, 1.165) is 25.2 Å². The highest BCUT2D eigenvalue weighted by Gasteiger charge is 2.48. The van der Waals surface area contributed by atoms with Crippen molar-refractivity contribution < 1.29 is 14.6 Å². The number of aliphatic hydroxyl groups excluding tert-OH is 1. The first-order chi connectivity index (χ1) is 12.1. The van der Waals surface area contributed by atoms with E-state index in [1.807, 2.05) is 19.1 Å². The molecule has 0 spiro atoms. The largest absolute Gasteiger partial charge is 0.459 e. The molecule has 4 rings (SSSR count). The Kier molecular flexibility index (Phi) is 5.83. The van der Waals surface area contributed by atoms with Crippen molar-refractivity contribution in [3.63, 3.8) is 0 Å². The van der Waals surface area contributed by atoms with E-state index in [1.165, 1.54) is 25.7 Å². The number of carbonyl (C=O) groups excluding carboxylic acids is 1.